The maximum absolute atomic E-state index is 12.2. The molecule has 0 aliphatic carbocycles. The van der Waals surface area contributed by atoms with Gasteiger partial charge in [0.05, 0.1) is 6.33 Å². The van der Waals surface area contributed by atoms with Gasteiger partial charge in [-0.15, -0.1) is 0 Å². The number of nitrogens with two attached hydrogens (primary N) is 1. The first-order chi connectivity index (χ1) is 7.97. The molecule has 1 aromatic heterocycles. The van der Waals surface area contributed by atoms with Gasteiger partial charge < -0.3 is 10.5 Å². The van der Waals surface area contributed by atoms with Gasteiger partial charge in [0.25, 0.3) is 0 Å². The Balaban J connectivity index is 2.70. The maximum atomic E-state index is 12.2. The number of rotatable bonds is 5. The number of pyridine rings is 1. The van der Waals surface area contributed by atoms with E-state index in [0.717, 1.165) is 0 Å². The van der Waals surface area contributed by atoms with E-state index in [1.54, 1.807) is 12.1 Å². The number of hydrogen-bond donors (Lipinski definition) is 1. The maximum Gasteiger partial charge on any atom is 0.213 e. The van der Waals surface area contributed by atoms with E-state index in [1.807, 2.05) is 0 Å². The molecule has 17 heavy (non-hydrogen) atoms. The Morgan fingerprint density at radius 2 is 2.41 bits per heavy atom. The first kappa shape index (κ1) is 13.7. The van der Waals surface area contributed by atoms with E-state index >= 15 is 0 Å². The predicted molar refractivity (Wildman–Crippen MR) is 67.4 cm³/mol. The third-order valence-corrected chi connectivity index (χ3v) is 3.27. The van der Waals surface area contributed by atoms with Crippen LogP contribution in [-0.2, 0) is 9.52 Å². The summed E-state index contributed by atoms with van der Waals surface area (Å²) >= 11 is 0. The van der Waals surface area contributed by atoms with Crippen LogP contribution in [0.15, 0.2) is 35.1 Å². The monoisotopic (exact) mass is 258 g/mol. The molecule has 1 unspecified atom stereocenters. The van der Waals surface area contributed by atoms with Crippen molar-refractivity contribution in [3.63, 3.8) is 0 Å². The summed E-state index contributed by atoms with van der Waals surface area (Å²) in [6.45, 7) is 0.140. The number of aromatic nitrogens is 1. The molecule has 0 fully saturated rings. The summed E-state index contributed by atoms with van der Waals surface area (Å²) in [5, 5.41) is 0. The highest BCUT2D eigenvalue weighted by Gasteiger charge is 2.03. The second kappa shape index (κ2) is 5.79. The van der Waals surface area contributed by atoms with Gasteiger partial charge in [-0.25, -0.2) is 9.37 Å². The fraction of sp³-hybridized carbons (Fsp3) is 0.273. The lowest BCUT2D eigenvalue weighted by Crippen LogP contribution is -2.11. The fourth-order valence-electron chi connectivity index (χ4n) is 1.01. The lowest BCUT2D eigenvalue weighted by Gasteiger charge is -2.07. The number of nitrogens with zero attached hydrogens (tertiary/aromatic N) is 1. The van der Waals surface area contributed by atoms with Crippen LogP contribution in [0.5, 0.6) is 5.88 Å². The van der Waals surface area contributed by atoms with Gasteiger partial charge in [-0.1, -0.05) is 0 Å². The van der Waals surface area contributed by atoms with Crippen molar-refractivity contribution in [2.75, 3.05) is 19.4 Å². The van der Waals surface area contributed by atoms with Gasteiger partial charge in [0.1, 0.15) is 6.61 Å². The molecule has 2 N–H and O–H groups in total. The summed E-state index contributed by atoms with van der Waals surface area (Å²) in [6.07, 6.45) is 3.39. The summed E-state index contributed by atoms with van der Waals surface area (Å²) in [6, 6.07) is 3.19. The molecule has 6 heteroatoms. The zero-order valence-electron chi connectivity index (χ0n) is 9.56. The third kappa shape index (κ3) is 4.16. The molecule has 0 spiro atoms. The van der Waals surface area contributed by atoms with Crippen molar-refractivity contribution in [1.82, 2.24) is 4.98 Å². The largest absolute Gasteiger partial charge is 0.473 e. The third-order valence-electron chi connectivity index (χ3n) is 2.03. The van der Waals surface area contributed by atoms with Crippen molar-refractivity contribution < 1.29 is 13.3 Å². The standard InChI is InChI=1S/C11H15FN2O2S/c1-17(2,15)10-3-4-11(14-7-10)16-8-9(5-12)6-13/h3-5,7H,1,6,8,13H2,2H3/b9-5-. The molecule has 1 heterocycles. The van der Waals surface area contributed by atoms with Crippen LogP contribution in [0, 0.1) is 0 Å². The molecule has 1 atom stereocenters. The lowest BCUT2D eigenvalue weighted by atomic mass is 10.3. The summed E-state index contributed by atoms with van der Waals surface area (Å²) in [4.78, 5) is 4.50. The molecule has 94 valence electrons. The highest BCUT2D eigenvalue weighted by Crippen LogP contribution is 2.12. The Labute approximate surface area is 100 Å². The summed E-state index contributed by atoms with van der Waals surface area (Å²) < 4.78 is 29.0. The molecular formula is C11H15FN2O2S. The van der Waals surface area contributed by atoms with Crippen molar-refractivity contribution in [3.05, 3.63) is 30.2 Å². The van der Waals surface area contributed by atoms with Crippen molar-refractivity contribution in [2.45, 2.75) is 4.90 Å². The Morgan fingerprint density at radius 3 is 2.82 bits per heavy atom. The molecule has 4 nitrogen and oxygen atoms in total. The van der Waals surface area contributed by atoms with Gasteiger partial charge in [-0.05, 0) is 21.5 Å². The molecule has 0 saturated heterocycles. The van der Waals surface area contributed by atoms with Crippen molar-refractivity contribution in [1.29, 1.82) is 0 Å². The van der Waals surface area contributed by atoms with E-state index in [2.05, 4.69) is 10.9 Å². The Morgan fingerprint density at radius 1 is 1.71 bits per heavy atom. The average Bonchev–Trinajstić information content (AvgIpc) is 2.30. The van der Waals surface area contributed by atoms with E-state index in [9.17, 15) is 8.60 Å². The number of ether oxygens (including phenoxy) is 1. The average molecular weight is 258 g/mol. The highest BCUT2D eigenvalue weighted by molar-refractivity contribution is 7.99. The van der Waals surface area contributed by atoms with Crippen LogP contribution in [0.4, 0.5) is 4.39 Å². The number of hydrogen-bond acceptors (Lipinski definition) is 4. The van der Waals surface area contributed by atoms with Crippen molar-refractivity contribution >= 4 is 15.4 Å². The smallest absolute Gasteiger partial charge is 0.213 e. The van der Waals surface area contributed by atoms with Gasteiger partial charge >= 0.3 is 0 Å². The van der Waals surface area contributed by atoms with Gasteiger partial charge in [0, 0.05) is 35.5 Å². The van der Waals surface area contributed by atoms with E-state index in [1.165, 1.54) is 12.5 Å². The molecule has 0 saturated carbocycles. The van der Waals surface area contributed by atoms with Gasteiger partial charge in [-0.3, -0.25) is 4.21 Å². The van der Waals surface area contributed by atoms with Crippen LogP contribution < -0.4 is 10.5 Å². The molecule has 0 aliphatic rings. The molecule has 1 aromatic rings. The van der Waals surface area contributed by atoms with Gasteiger partial charge in [0.2, 0.25) is 5.88 Å². The topological polar surface area (TPSA) is 65.2 Å². The first-order valence-electron chi connectivity index (χ1n) is 4.86. The van der Waals surface area contributed by atoms with E-state index in [-0.39, 0.29) is 13.2 Å². The Hall–Kier alpha value is -1.40. The molecule has 0 bridgehead atoms. The Bertz CT molecular complexity index is 495. The molecule has 0 amide bonds. The predicted octanol–water partition coefficient (Wildman–Crippen LogP) is 0.978. The molecule has 0 aromatic carbocycles. The zero-order valence-corrected chi connectivity index (χ0v) is 10.4. The molecule has 0 aliphatic heterocycles. The normalized spacial score (nSPS) is 15.4. The molecular weight excluding hydrogens is 243 g/mol. The number of halogens is 1. The summed E-state index contributed by atoms with van der Waals surface area (Å²) in [5.41, 5.74) is 5.61. The van der Waals surface area contributed by atoms with Crippen LogP contribution >= 0.6 is 0 Å². The second-order valence-corrected chi connectivity index (χ2v) is 6.08. The minimum Gasteiger partial charge on any atom is -0.473 e. The van der Waals surface area contributed by atoms with Crippen LogP contribution in [0.25, 0.3) is 0 Å². The van der Waals surface area contributed by atoms with Crippen molar-refractivity contribution in [2.24, 2.45) is 5.73 Å². The van der Waals surface area contributed by atoms with E-state index < -0.39 is 9.52 Å². The van der Waals surface area contributed by atoms with Gasteiger partial charge in [-0.2, -0.15) is 0 Å². The SMILES string of the molecule is C=S(C)(=O)c1ccc(OC/C(=C\F)CN)nc1. The van der Waals surface area contributed by atoms with E-state index in [4.69, 9.17) is 10.5 Å². The van der Waals surface area contributed by atoms with Crippen LogP contribution in [0.3, 0.4) is 0 Å². The summed E-state index contributed by atoms with van der Waals surface area (Å²) in [7, 11) is -2.27. The second-order valence-electron chi connectivity index (χ2n) is 3.60. The lowest BCUT2D eigenvalue weighted by molar-refractivity contribution is 0.333. The van der Waals surface area contributed by atoms with Crippen LogP contribution in [0.2, 0.25) is 0 Å². The highest BCUT2D eigenvalue weighted by atomic mass is 32.2. The van der Waals surface area contributed by atoms with Crippen LogP contribution in [-0.4, -0.2) is 34.5 Å². The van der Waals surface area contributed by atoms with E-state index in [0.29, 0.717) is 22.7 Å². The van der Waals surface area contributed by atoms with Crippen molar-refractivity contribution in [3.8, 4) is 5.88 Å². The Kier molecular flexibility index (Phi) is 4.65. The zero-order chi connectivity index (χ0) is 12.9. The minimum absolute atomic E-state index is 0.0468. The minimum atomic E-state index is -2.27. The van der Waals surface area contributed by atoms with Crippen LogP contribution in [0.1, 0.15) is 0 Å². The molecule has 0 radical (unpaired) electrons. The molecule has 1 rings (SSSR count). The first-order valence-corrected chi connectivity index (χ1v) is 7.00. The van der Waals surface area contributed by atoms with Gasteiger partial charge in [0.15, 0.2) is 0 Å². The quantitative estimate of drug-likeness (QED) is 0.799. The summed E-state index contributed by atoms with van der Waals surface area (Å²) in [5.74, 6) is 3.87. The fourth-order valence-corrected chi connectivity index (χ4v) is 1.64.